The molecule has 0 amide bonds. The van der Waals surface area contributed by atoms with Crippen LogP contribution in [0.4, 0.5) is 5.69 Å². The second-order valence-electron chi connectivity index (χ2n) is 1.94. The summed E-state index contributed by atoms with van der Waals surface area (Å²) in [5.74, 6) is 0. The molecule has 0 aliphatic carbocycles. The molecular formula is C15H31N2OY-. The quantitative estimate of drug-likeness (QED) is 0.424. The van der Waals surface area contributed by atoms with Crippen LogP contribution < -0.4 is 5.73 Å². The molecule has 0 aromatic heterocycles. The van der Waals surface area contributed by atoms with Crippen molar-refractivity contribution in [1.29, 1.82) is 0 Å². The predicted octanol–water partition coefficient (Wildman–Crippen LogP) is 5.35. The number of hydrogen-bond donors (Lipinski definition) is 1. The van der Waals surface area contributed by atoms with Crippen molar-refractivity contribution < 1.29 is 37.5 Å². The van der Waals surface area contributed by atoms with Crippen LogP contribution in [-0.4, -0.2) is 6.29 Å². The fourth-order valence-corrected chi connectivity index (χ4v) is 0.575. The molecule has 1 aromatic rings. The number of aldehydes is 1. The van der Waals surface area contributed by atoms with Gasteiger partial charge in [0.05, 0.1) is 0 Å². The molecule has 0 spiro atoms. The number of rotatable bonds is 1. The molecule has 1 aromatic carbocycles. The van der Waals surface area contributed by atoms with Crippen molar-refractivity contribution in [3.63, 3.8) is 0 Å². The molecule has 3 nitrogen and oxygen atoms in total. The maximum absolute atomic E-state index is 10.1. The van der Waals surface area contributed by atoms with Gasteiger partial charge < -0.3 is 10.6 Å². The SMILES string of the molecule is C.C.C.C.CC.Nc1ccc(C=O)cc1.[C-]#[N+][CH2-].[Y]. The average molecular weight is 344 g/mol. The summed E-state index contributed by atoms with van der Waals surface area (Å²) in [6.45, 7) is 9.72. The molecule has 0 fully saturated rings. The third-order valence-electron chi connectivity index (χ3n) is 1.07. The van der Waals surface area contributed by atoms with Gasteiger partial charge in [0.2, 0.25) is 0 Å². The van der Waals surface area contributed by atoms with Crippen LogP contribution in [0.25, 0.3) is 4.85 Å². The van der Waals surface area contributed by atoms with Gasteiger partial charge in [0.25, 0.3) is 0 Å². The van der Waals surface area contributed by atoms with Crippen molar-refractivity contribution in [2.75, 3.05) is 5.73 Å². The van der Waals surface area contributed by atoms with E-state index in [0.29, 0.717) is 11.3 Å². The Labute approximate surface area is 146 Å². The van der Waals surface area contributed by atoms with Crippen LogP contribution in [0.15, 0.2) is 24.3 Å². The van der Waals surface area contributed by atoms with E-state index in [0.717, 1.165) is 6.29 Å². The van der Waals surface area contributed by atoms with Crippen LogP contribution in [0.1, 0.15) is 53.9 Å². The molecule has 0 saturated heterocycles. The van der Waals surface area contributed by atoms with E-state index < -0.39 is 0 Å². The largest absolute Gasteiger partial charge is 0.464 e. The maximum atomic E-state index is 10.1. The second kappa shape index (κ2) is 36.0. The summed E-state index contributed by atoms with van der Waals surface area (Å²) in [5, 5.41) is 0. The topological polar surface area (TPSA) is 47.5 Å². The third-order valence-corrected chi connectivity index (χ3v) is 1.07. The first-order valence-electron chi connectivity index (χ1n) is 4.17. The first-order chi connectivity index (χ1) is 6.74. The third kappa shape index (κ3) is 31.7. The fraction of sp³-hybridized carbons (Fsp3) is 0.400. The molecule has 19 heavy (non-hydrogen) atoms. The van der Waals surface area contributed by atoms with E-state index >= 15 is 0 Å². The number of carbonyl (C=O) groups excluding carboxylic acids is 1. The normalized spacial score (nSPS) is 4.89. The van der Waals surface area contributed by atoms with Crippen LogP contribution in [0, 0.1) is 13.6 Å². The van der Waals surface area contributed by atoms with Gasteiger partial charge in [-0.05, 0) is 24.3 Å². The Morgan fingerprint density at radius 3 is 1.58 bits per heavy atom. The minimum atomic E-state index is 0. The van der Waals surface area contributed by atoms with Crippen molar-refractivity contribution in [1.82, 2.24) is 0 Å². The first-order valence-corrected chi connectivity index (χ1v) is 4.17. The van der Waals surface area contributed by atoms with Crippen LogP contribution in [0.5, 0.6) is 0 Å². The number of hydrogen-bond acceptors (Lipinski definition) is 2. The van der Waals surface area contributed by atoms with Crippen molar-refractivity contribution >= 4 is 12.0 Å². The summed E-state index contributed by atoms with van der Waals surface area (Å²) in [4.78, 5) is 12.6. The molecule has 0 aliphatic heterocycles. The van der Waals surface area contributed by atoms with Gasteiger partial charge >= 0.3 is 0 Å². The Bertz CT molecular complexity index is 279. The summed E-state index contributed by atoms with van der Waals surface area (Å²) in [6, 6.07) is 6.76. The standard InChI is InChI=1S/C7H7NO.C2H2N.C2H6.4CH4.Y/c8-7-3-1-6(5-9)2-4-7;1-3-2;1-2;;;;;/h1-5H,8H2;1H2;1-2H3;4*1H4;/q;-1;;;;;;. The number of benzene rings is 1. The van der Waals surface area contributed by atoms with E-state index in [2.05, 4.69) is 11.9 Å². The van der Waals surface area contributed by atoms with Gasteiger partial charge in [-0.2, -0.15) is 0 Å². The van der Waals surface area contributed by atoms with Crippen LogP contribution in [0.3, 0.4) is 0 Å². The van der Waals surface area contributed by atoms with Gasteiger partial charge in [-0.15, -0.1) is 0 Å². The Morgan fingerprint density at radius 2 is 1.37 bits per heavy atom. The van der Waals surface area contributed by atoms with Crippen LogP contribution in [0.2, 0.25) is 0 Å². The summed E-state index contributed by atoms with van der Waals surface area (Å²) in [6.07, 6.45) is 0.791. The van der Waals surface area contributed by atoms with Crippen molar-refractivity contribution in [2.45, 2.75) is 43.6 Å². The molecule has 0 saturated carbocycles. The van der Waals surface area contributed by atoms with E-state index in [1.54, 1.807) is 24.3 Å². The molecule has 1 radical (unpaired) electrons. The van der Waals surface area contributed by atoms with Gasteiger partial charge in [0, 0.05) is 44.0 Å². The zero-order valence-corrected chi connectivity index (χ0v) is 11.9. The average Bonchev–Trinajstić information content (AvgIpc) is 2.23. The second-order valence-corrected chi connectivity index (χ2v) is 1.94. The number of anilines is 1. The van der Waals surface area contributed by atoms with E-state index in [9.17, 15) is 4.79 Å². The maximum Gasteiger partial charge on any atom is 0.150 e. The predicted molar refractivity (Wildman–Crippen MR) is 86.5 cm³/mol. The molecule has 111 valence electrons. The number of nitrogens with zero attached hydrogens (tertiary/aromatic N) is 1. The van der Waals surface area contributed by atoms with Crippen molar-refractivity contribution in [2.24, 2.45) is 0 Å². The van der Waals surface area contributed by atoms with Gasteiger partial charge in [0.1, 0.15) is 6.29 Å². The summed E-state index contributed by atoms with van der Waals surface area (Å²) < 4.78 is 0. The zero-order chi connectivity index (χ0) is 11.4. The zero-order valence-electron chi connectivity index (χ0n) is 9.10. The Balaban J connectivity index is -0.0000000260. The number of carbonyl (C=O) groups is 1. The molecule has 0 heterocycles. The summed E-state index contributed by atoms with van der Waals surface area (Å²) in [7, 11) is 2.78. The molecule has 0 bridgehead atoms. The molecule has 4 heteroatoms. The van der Waals surface area contributed by atoms with Crippen LogP contribution >= 0.6 is 0 Å². The molecule has 0 unspecified atom stereocenters. The molecule has 0 atom stereocenters. The number of nitrogen functional groups attached to an aromatic ring is 1. The Morgan fingerprint density at radius 1 is 1.11 bits per heavy atom. The van der Waals surface area contributed by atoms with Crippen LogP contribution in [-0.2, 0) is 32.7 Å². The van der Waals surface area contributed by atoms with E-state index in [1.165, 1.54) is 0 Å². The minimum Gasteiger partial charge on any atom is -0.464 e. The van der Waals surface area contributed by atoms with Crippen molar-refractivity contribution in [3.05, 3.63) is 48.3 Å². The smallest absolute Gasteiger partial charge is 0.150 e. The van der Waals surface area contributed by atoms with Gasteiger partial charge in [0.15, 0.2) is 0 Å². The van der Waals surface area contributed by atoms with E-state index in [4.69, 9.17) is 12.3 Å². The monoisotopic (exact) mass is 344 g/mol. The molecular weight excluding hydrogens is 313 g/mol. The van der Waals surface area contributed by atoms with E-state index in [-0.39, 0.29) is 62.4 Å². The van der Waals surface area contributed by atoms with Gasteiger partial charge in [-0.1, -0.05) is 50.6 Å². The van der Waals surface area contributed by atoms with Crippen molar-refractivity contribution in [3.8, 4) is 0 Å². The summed E-state index contributed by atoms with van der Waals surface area (Å²) >= 11 is 0. The Kier molecular flexibility index (Phi) is 81.3. The van der Waals surface area contributed by atoms with Gasteiger partial charge in [-0.25, -0.2) is 0 Å². The van der Waals surface area contributed by atoms with Gasteiger partial charge in [-0.3, -0.25) is 11.4 Å². The molecule has 2 N–H and O–H groups in total. The number of nitrogens with two attached hydrogens (primary N) is 1. The molecule has 1 rings (SSSR count). The summed E-state index contributed by atoms with van der Waals surface area (Å²) in [5.41, 5.74) is 6.70. The first kappa shape index (κ1) is 42.9. The fourth-order valence-electron chi connectivity index (χ4n) is 0.575. The molecule has 0 aliphatic rings. The van der Waals surface area contributed by atoms with E-state index in [1.807, 2.05) is 13.8 Å². The minimum absolute atomic E-state index is 0. The Hall–Kier alpha value is -0.846.